The van der Waals surface area contributed by atoms with Crippen LogP contribution >= 0.6 is 15.9 Å². The maximum Gasteiger partial charge on any atom is 0.277 e. The highest BCUT2D eigenvalue weighted by Gasteiger charge is 2.06. The summed E-state index contributed by atoms with van der Waals surface area (Å²) in [4.78, 5) is 15.1. The molecule has 0 aliphatic rings. The van der Waals surface area contributed by atoms with E-state index in [1.807, 2.05) is 48.7 Å². The molecular formula is C20H18BrN3O2. The summed E-state index contributed by atoms with van der Waals surface area (Å²) in [6.07, 6.45) is 5.93. The molecule has 0 saturated carbocycles. The largest absolute Gasteiger partial charge is 0.483 e. The molecule has 2 N–H and O–H groups in total. The van der Waals surface area contributed by atoms with Crippen molar-refractivity contribution in [3.05, 3.63) is 76.9 Å². The van der Waals surface area contributed by atoms with Crippen molar-refractivity contribution in [2.24, 2.45) is 5.10 Å². The number of hydrogen-bond donors (Lipinski definition) is 2. The molecule has 0 aliphatic carbocycles. The van der Waals surface area contributed by atoms with Gasteiger partial charge in [-0.1, -0.05) is 40.2 Å². The fourth-order valence-electron chi connectivity index (χ4n) is 2.54. The van der Waals surface area contributed by atoms with E-state index in [9.17, 15) is 4.79 Å². The van der Waals surface area contributed by atoms with Gasteiger partial charge in [0, 0.05) is 27.1 Å². The number of rotatable bonds is 7. The van der Waals surface area contributed by atoms with E-state index >= 15 is 0 Å². The highest BCUT2D eigenvalue weighted by Crippen LogP contribution is 2.21. The van der Waals surface area contributed by atoms with Crippen LogP contribution in [0.1, 0.15) is 11.1 Å². The molecule has 0 spiro atoms. The molecule has 1 aromatic heterocycles. The van der Waals surface area contributed by atoms with Gasteiger partial charge in [-0.05, 0) is 36.2 Å². The normalized spacial score (nSPS) is 11.0. The number of hydrazone groups is 1. The van der Waals surface area contributed by atoms with Gasteiger partial charge >= 0.3 is 0 Å². The Morgan fingerprint density at radius 2 is 2.15 bits per heavy atom. The van der Waals surface area contributed by atoms with Crippen LogP contribution in [0, 0.1) is 0 Å². The van der Waals surface area contributed by atoms with E-state index in [4.69, 9.17) is 4.74 Å². The number of hydrogen-bond acceptors (Lipinski definition) is 3. The Balaban J connectivity index is 1.58. The molecule has 0 fully saturated rings. The highest BCUT2D eigenvalue weighted by molar-refractivity contribution is 9.10. The molecular weight excluding hydrogens is 394 g/mol. The monoisotopic (exact) mass is 411 g/mol. The van der Waals surface area contributed by atoms with Crippen LogP contribution in [0.5, 0.6) is 5.75 Å². The minimum absolute atomic E-state index is 0.106. The first-order valence-corrected chi connectivity index (χ1v) is 8.87. The highest BCUT2D eigenvalue weighted by atomic mass is 79.9. The van der Waals surface area contributed by atoms with Crippen LogP contribution in [0.3, 0.4) is 0 Å². The summed E-state index contributed by atoms with van der Waals surface area (Å²) in [7, 11) is 0. The van der Waals surface area contributed by atoms with Crippen molar-refractivity contribution in [3.8, 4) is 5.75 Å². The number of aromatic amines is 1. The van der Waals surface area contributed by atoms with Gasteiger partial charge in [-0.2, -0.15) is 5.10 Å². The first kappa shape index (κ1) is 17.9. The van der Waals surface area contributed by atoms with Crippen LogP contribution in [-0.2, 0) is 11.2 Å². The van der Waals surface area contributed by atoms with Gasteiger partial charge in [-0.25, -0.2) is 5.43 Å². The zero-order valence-electron chi connectivity index (χ0n) is 14.0. The summed E-state index contributed by atoms with van der Waals surface area (Å²) < 4.78 is 6.56. The van der Waals surface area contributed by atoms with E-state index in [1.54, 1.807) is 12.3 Å². The van der Waals surface area contributed by atoms with Crippen molar-refractivity contribution in [3.63, 3.8) is 0 Å². The second kappa shape index (κ2) is 8.49. The molecule has 5 nitrogen and oxygen atoms in total. The number of H-pyrrole nitrogens is 1. The number of fused-ring (bicyclic) bond motifs is 1. The van der Waals surface area contributed by atoms with Gasteiger partial charge in [-0.3, -0.25) is 4.79 Å². The maximum atomic E-state index is 11.9. The van der Waals surface area contributed by atoms with Gasteiger partial charge in [0.15, 0.2) is 6.61 Å². The van der Waals surface area contributed by atoms with Crippen molar-refractivity contribution in [1.82, 2.24) is 10.4 Å². The second-order valence-corrected chi connectivity index (χ2v) is 6.53. The number of ether oxygens (including phenoxy) is 1. The molecule has 6 heteroatoms. The van der Waals surface area contributed by atoms with E-state index in [2.05, 4.69) is 38.0 Å². The Bertz CT molecular complexity index is 963. The topological polar surface area (TPSA) is 66.5 Å². The lowest BCUT2D eigenvalue weighted by atomic mass is 10.1. The van der Waals surface area contributed by atoms with Crippen molar-refractivity contribution >= 4 is 39.0 Å². The summed E-state index contributed by atoms with van der Waals surface area (Å²) in [6, 6.07) is 13.5. The molecule has 1 amide bonds. The molecule has 0 unspecified atom stereocenters. The summed E-state index contributed by atoms with van der Waals surface area (Å²) in [5.74, 6) is 0.351. The van der Waals surface area contributed by atoms with Crippen LogP contribution in [0.15, 0.2) is 70.9 Å². The van der Waals surface area contributed by atoms with Crippen molar-refractivity contribution < 1.29 is 9.53 Å². The number of halogens is 1. The average molecular weight is 412 g/mol. The smallest absolute Gasteiger partial charge is 0.277 e. The number of nitrogens with one attached hydrogen (secondary N) is 2. The average Bonchev–Trinajstić information content (AvgIpc) is 3.03. The molecule has 0 saturated heterocycles. The molecule has 0 radical (unpaired) electrons. The summed E-state index contributed by atoms with van der Waals surface area (Å²) in [6.45, 7) is 3.62. The second-order valence-electron chi connectivity index (χ2n) is 5.62. The lowest BCUT2D eigenvalue weighted by Crippen LogP contribution is -2.24. The third-order valence-electron chi connectivity index (χ3n) is 3.76. The Labute approximate surface area is 159 Å². The number of aromatic nitrogens is 1. The van der Waals surface area contributed by atoms with E-state index < -0.39 is 0 Å². The van der Waals surface area contributed by atoms with Gasteiger partial charge in [0.25, 0.3) is 5.91 Å². The number of nitrogens with zero attached hydrogens (tertiary/aromatic N) is 1. The van der Waals surface area contributed by atoms with Crippen molar-refractivity contribution in [1.29, 1.82) is 0 Å². The van der Waals surface area contributed by atoms with Gasteiger partial charge < -0.3 is 9.72 Å². The zero-order chi connectivity index (χ0) is 18.4. The quantitative estimate of drug-likeness (QED) is 0.347. The Hall–Kier alpha value is -2.86. The first-order chi connectivity index (χ1) is 12.7. The summed E-state index contributed by atoms with van der Waals surface area (Å²) in [5, 5.41) is 5.03. The summed E-state index contributed by atoms with van der Waals surface area (Å²) >= 11 is 3.45. The van der Waals surface area contributed by atoms with Crippen molar-refractivity contribution in [2.75, 3.05) is 6.61 Å². The predicted molar refractivity (Wildman–Crippen MR) is 108 cm³/mol. The lowest BCUT2D eigenvalue weighted by Gasteiger charge is -2.09. The number of allylic oxidation sites excluding steroid dienone is 1. The van der Waals surface area contributed by atoms with Crippen LogP contribution in [0.2, 0.25) is 0 Å². The Kier molecular flexibility index (Phi) is 5.86. The molecule has 0 bridgehead atoms. The molecule has 0 atom stereocenters. The summed E-state index contributed by atoms with van der Waals surface area (Å²) in [5.41, 5.74) is 5.36. The molecule has 3 rings (SSSR count). The lowest BCUT2D eigenvalue weighted by molar-refractivity contribution is -0.123. The fourth-order valence-corrected chi connectivity index (χ4v) is 2.90. The van der Waals surface area contributed by atoms with Crippen LogP contribution in [0.4, 0.5) is 0 Å². The molecule has 26 heavy (non-hydrogen) atoms. The fraction of sp³-hybridized carbons (Fsp3) is 0.100. The van der Waals surface area contributed by atoms with Gasteiger partial charge in [-0.15, -0.1) is 6.58 Å². The van der Waals surface area contributed by atoms with Crippen LogP contribution in [0.25, 0.3) is 10.9 Å². The maximum absolute atomic E-state index is 11.9. The van der Waals surface area contributed by atoms with E-state index in [-0.39, 0.29) is 12.5 Å². The molecule has 132 valence electrons. The SMILES string of the molecule is C=CCc1ccccc1OCC(=O)N/N=C\c1c[nH]c2ccc(Br)cc12. The molecule has 0 aliphatic heterocycles. The number of para-hydroxylation sites is 1. The van der Waals surface area contributed by atoms with E-state index in [1.165, 1.54) is 0 Å². The number of amides is 1. The van der Waals surface area contributed by atoms with Crippen LogP contribution < -0.4 is 10.2 Å². The number of carbonyl (C=O) groups excluding carboxylic acids is 1. The van der Waals surface area contributed by atoms with E-state index in [0.717, 1.165) is 26.5 Å². The van der Waals surface area contributed by atoms with Crippen LogP contribution in [-0.4, -0.2) is 23.7 Å². The molecule has 3 aromatic rings. The number of carbonyl (C=O) groups is 1. The van der Waals surface area contributed by atoms with E-state index in [0.29, 0.717) is 12.2 Å². The molecule has 2 aromatic carbocycles. The minimum atomic E-state index is -0.323. The Morgan fingerprint density at radius 1 is 1.31 bits per heavy atom. The third kappa shape index (κ3) is 4.40. The standard InChI is InChI=1S/C20H18BrN3O2/c1-2-5-14-6-3-4-7-19(14)26-13-20(25)24-23-12-15-11-22-18-9-8-16(21)10-17(15)18/h2-4,6-12,22H,1,5,13H2,(H,24,25)/b23-12-. The first-order valence-electron chi connectivity index (χ1n) is 8.07. The number of benzene rings is 2. The van der Waals surface area contributed by atoms with Gasteiger partial charge in [0.1, 0.15) is 5.75 Å². The Morgan fingerprint density at radius 3 is 3.00 bits per heavy atom. The molecule has 1 heterocycles. The minimum Gasteiger partial charge on any atom is -0.483 e. The zero-order valence-corrected chi connectivity index (χ0v) is 15.6. The third-order valence-corrected chi connectivity index (χ3v) is 4.26. The van der Waals surface area contributed by atoms with Crippen molar-refractivity contribution in [2.45, 2.75) is 6.42 Å². The van der Waals surface area contributed by atoms with Gasteiger partial charge in [0.2, 0.25) is 0 Å². The van der Waals surface area contributed by atoms with Gasteiger partial charge in [0.05, 0.1) is 6.21 Å². The predicted octanol–water partition coefficient (Wildman–Crippen LogP) is 4.19.